The second-order valence-corrected chi connectivity index (χ2v) is 4.28. The highest BCUT2D eigenvalue weighted by Gasteiger charge is 2.27. The molecule has 6 nitrogen and oxygen atoms in total. The number of alkyl halides is 2. The number of pyridine rings is 1. The van der Waals surface area contributed by atoms with E-state index in [2.05, 4.69) is 4.74 Å². The second kappa shape index (κ2) is 4.18. The van der Waals surface area contributed by atoms with Gasteiger partial charge in [0.2, 0.25) is 15.8 Å². The fourth-order valence-corrected chi connectivity index (χ4v) is 2.06. The first kappa shape index (κ1) is 12.6. The number of primary sulfonamides is 1. The Morgan fingerprint density at radius 2 is 2.06 bits per heavy atom. The average Bonchev–Trinajstić information content (AvgIpc) is 2.15. The number of sulfonamides is 1. The van der Waals surface area contributed by atoms with Gasteiger partial charge in [-0.05, 0) is 0 Å². The van der Waals surface area contributed by atoms with Crippen molar-refractivity contribution in [3.8, 4) is 5.75 Å². The van der Waals surface area contributed by atoms with Crippen LogP contribution in [0.4, 0.5) is 8.78 Å². The molecule has 0 aliphatic carbocycles. The number of hydrogen-bond acceptors (Lipinski definition) is 4. The molecule has 0 unspecified atom stereocenters. The number of nitrogens with one attached hydrogen (secondary N) is 1. The molecule has 0 aliphatic rings. The van der Waals surface area contributed by atoms with E-state index < -0.39 is 38.2 Å². The zero-order valence-corrected chi connectivity index (χ0v) is 8.85. The van der Waals surface area contributed by atoms with E-state index in [9.17, 15) is 22.0 Å². The number of aromatic nitrogens is 1. The monoisotopic (exact) mass is 254 g/mol. The van der Waals surface area contributed by atoms with Gasteiger partial charge in [0, 0.05) is 6.20 Å². The van der Waals surface area contributed by atoms with E-state index in [1.54, 1.807) is 0 Å². The van der Waals surface area contributed by atoms with Crippen molar-refractivity contribution in [2.24, 2.45) is 5.14 Å². The van der Waals surface area contributed by atoms with Crippen LogP contribution in [0.2, 0.25) is 0 Å². The van der Waals surface area contributed by atoms with Crippen LogP contribution in [-0.4, -0.2) is 20.5 Å². The van der Waals surface area contributed by atoms with Crippen molar-refractivity contribution in [2.45, 2.75) is 11.3 Å². The summed E-state index contributed by atoms with van der Waals surface area (Å²) in [6.45, 7) is 0. The fourth-order valence-electron chi connectivity index (χ4n) is 1.15. The van der Waals surface area contributed by atoms with Gasteiger partial charge in [0.15, 0.2) is 0 Å². The summed E-state index contributed by atoms with van der Waals surface area (Å²) in [5.74, 6) is -0.750. The van der Waals surface area contributed by atoms with Gasteiger partial charge in [0.05, 0.1) is 12.7 Å². The van der Waals surface area contributed by atoms with Gasteiger partial charge in [-0.1, -0.05) is 0 Å². The summed E-state index contributed by atoms with van der Waals surface area (Å²) in [6.07, 6.45) is -2.51. The molecule has 0 fully saturated rings. The van der Waals surface area contributed by atoms with Crippen molar-refractivity contribution < 1.29 is 21.9 Å². The molecule has 0 atom stereocenters. The van der Waals surface area contributed by atoms with E-state index in [0.717, 1.165) is 7.11 Å². The van der Waals surface area contributed by atoms with Crippen molar-refractivity contribution in [1.82, 2.24) is 4.98 Å². The van der Waals surface area contributed by atoms with Gasteiger partial charge in [0.25, 0.3) is 12.0 Å². The first-order valence-electron chi connectivity index (χ1n) is 3.89. The molecule has 90 valence electrons. The van der Waals surface area contributed by atoms with Crippen LogP contribution < -0.4 is 15.4 Å². The molecule has 0 aromatic carbocycles. The number of aromatic amines is 1. The molecule has 16 heavy (non-hydrogen) atoms. The number of methoxy groups -OCH3 is 1. The van der Waals surface area contributed by atoms with Crippen molar-refractivity contribution >= 4 is 10.0 Å². The number of hydrogen-bond donors (Lipinski definition) is 2. The first-order chi connectivity index (χ1) is 7.29. The average molecular weight is 254 g/mol. The summed E-state index contributed by atoms with van der Waals surface area (Å²) in [4.78, 5) is 12.1. The quantitative estimate of drug-likeness (QED) is 0.790. The fraction of sp³-hybridized carbons (Fsp3) is 0.286. The molecule has 1 heterocycles. The third-order valence-corrected chi connectivity index (χ3v) is 2.75. The largest absolute Gasteiger partial charge is 0.490 e. The number of rotatable bonds is 3. The molecule has 0 amide bonds. The summed E-state index contributed by atoms with van der Waals surface area (Å²) in [5.41, 5.74) is -1.85. The maximum Gasteiger partial charge on any atom is 0.291 e. The normalized spacial score (nSPS) is 11.8. The lowest BCUT2D eigenvalue weighted by Crippen LogP contribution is -2.21. The van der Waals surface area contributed by atoms with E-state index in [4.69, 9.17) is 5.14 Å². The minimum Gasteiger partial charge on any atom is -0.490 e. The molecular formula is C7H8F2N2O4S. The molecule has 1 rings (SSSR count). The third-order valence-electron chi connectivity index (χ3n) is 1.76. The molecule has 0 radical (unpaired) electrons. The number of H-pyrrole nitrogens is 1. The molecule has 0 bridgehead atoms. The highest BCUT2D eigenvalue weighted by atomic mass is 32.2. The molecule has 0 saturated carbocycles. The van der Waals surface area contributed by atoms with Gasteiger partial charge in [-0.25, -0.2) is 22.3 Å². The van der Waals surface area contributed by atoms with Crippen LogP contribution in [0.25, 0.3) is 0 Å². The molecule has 0 spiro atoms. The van der Waals surface area contributed by atoms with Crippen molar-refractivity contribution in [2.75, 3.05) is 7.11 Å². The minimum absolute atomic E-state index is 0.593. The van der Waals surface area contributed by atoms with Crippen LogP contribution in [0, 0.1) is 0 Å². The van der Waals surface area contributed by atoms with Crippen LogP contribution in [0.1, 0.15) is 12.0 Å². The van der Waals surface area contributed by atoms with E-state index in [1.807, 2.05) is 4.98 Å². The maximum atomic E-state index is 12.5. The van der Waals surface area contributed by atoms with Crippen molar-refractivity contribution in [1.29, 1.82) is 0 Å². The highest BCUT2D eigenvalue weighted by Crippen LogP contribution is 2.29. The van der Waals surface area contributed by atoms with Gasteiger partial charge in [-0.15, -0.1) is 0 Å². The zero-order valence-electron chi connectivity index (χ0n) is 8.03. The molecular weight excluding hydrogens is 246 g/mol. The van der Waals surface area contributed by atoms with Crippen molar-refractivity contribution in [3.05, 3.63) is 22.1 Å². The predicted molar refractivity (Wildman–Crippen MR) is 49.9 cm³/mol. The van der Waals surface area contributed by atoms with Gasteiger partial charge in [-0.2, -0.15) is 0 Å². The van der Waals surface area contributed by atoms with Crippen LogP contribution in [0.15, 0.2) is 15.9 Å². The molecule has 3 N–H and O–H groups in total. The SMILES string of the molecule is COc1c(S(N)(=O)=O)c(C(F)F)c[nH]c1=O. The topological polar surface area (TPSA) is 102 Å². The van der Waals surface area contributed by atoms with Crippen LogP contribution >= 0.6 is 0 Å². The summed E-state index contributed by atoms with van der Waals surface area (Å²) >= 11 is 0. The minimum atomic E-state index is -4.47. The molecule has 0 aliphatic heterocycles. The van der Waals surface area contributed by atoms with E-state index in [0.29, 0.717) is 6.20 Å². The van der Waals surface area contributed by atoms with E-state index in [1.165, 1.54) is 0 Å². The number of ether oxygens (including phenoxy) is 1. The molecule has 1 aromatic rings. The zero-order chi connectivity index (χ0) is 12.5. The Labute approximate surface area is 89.1 Å². The molecule has 9 heteroatoms. The highest BCUT2D eigenvalue weighted by molar-refractivity contribution is 7.89. The van der Waals surface area contributed by atoms with Gasteiger partial charge < -0.3 is 9.72 Å². The maximum absolute atomic E-state index is 12.5. The van der Waals surface area contributed by atoms with Crippen LogP contribution in [0.5, 0.6) is 5.75 Å². The van der Waals surface area contributed by atoms with Gasteiger partial charge >= 0.3 is 0 Å². The van der Waals surface area contributed by atoms with Gasteiger partial charge in [0.1, 0.15) is 4.90 Å². The third kappa shape index (κ3) is 2.19. The Balaban J connectivity index is 3.75. The summed E-state index contributed by atoms with van der Waals surface area (Å²) in [6, 6.07) is 0. The Hall–Kier alpha value is -1.48. The van der Waals surface area contributed by atoms with Crippen molar-refractivity contribution in [3.63, 3.8) is 0 Å². The second-order valence-electron chi connectivity index (χ2n) is 2.78. The lowest BCUT2D eigenvalue weighted by atomic mass is 10.3. The summed E-state index contributed by atoms with van der Waals surface area (Å²) in [5, 5.41) is 4.75. The number of nitrogens with two attached hydrogens (primary N) is 1. The molecule has 1 aromatic heterocycles. The first-order valence-corrected chi connectivity index (χ1v) is 5.44. The lowest BCUT2D eigenvalue weighted by molar-refractivity contribution is 0.146. The summed E-state index contributed by atoms with van der Waals surface area (Å²) in [7, 11) is -3.49. The Morgan fingerprint density at radius 1 is 1.50 bits per heavy atom. The lowest BCUT2D eigenvalue weighted by Gasteiger charge is -2.10. The Bertz CT molecular complexity index is 552. The van der Waals surface area contributed by atoms with Gasteiger partial charge in [-0.3, -0.25) is 4.79 Å². The Kier molecular flexibility index (Phi) is 3.29. The van der Waals surface area contributed by atoms with E-state index in [-0.39, 0.29) is 0 Å². The Morgan fingerprint density at radius 3 is 2.44 bits per heavy atom. The van der Waals surface area contributed by atoms with Crippen LogP contribution in [-0.2, 0) is 10.0 Å². The predicted octanol–water partition coefficient (Wildman–Crippen LogP) is -0.0315. The van der Waals surface area contributed by atoms with Crippen LogP contribution in [0.3, 0.4) is 0 Å². The standard InChI is InChI=1S/C7H8F2N2O4S/c1-15-4-5(16(10,13)14)3(6(8)9)2-11-7(4)12/h2,6H,1H3,(H,11,12)(H2,10,13,14). The smallest absolute Gasteiger partial charge is 0.291 e. The number of halogens is 2. The molecule has 0 saturated heterocycles. The summed E-state index contributed by atoms with van der Waals surface area (Å²) < 4.78 is 51.7. The van der Waals surface area contributed by atoms with E-state index >= 15 is 0 Å².